The number of nitriles is 1. The van der Waals surface area contributed by atoms with Gasteiger partial charge in [0.25, 0.3) is 0 Å². The summed E-state index contributed by atoms with van der Waals surface area (Å²) in [6.07, 6.45) is 1.46. The highest BCUT2D eigenvalue weighted by Crippen LogP contribution is 2.36. The second-order valence-electron chi connectivity index (χ2n) is 3.83. The second kappa shape index (κ2) is 5.47. The highest BCUT2D eigenvalue weighted by Gasteiger charge is 2.13. The Bertz CT molecular complexity index is 659. The summed E-state index contributed by atoms with van der Waals surface area (Å²) in [7, 11) is 0. The molecule has 6 heteroatoms. The average Bonchev–Trinajstić information content (AvgIpc) is 2.35. The molecule has 0 aliphatic heterocycles. The zero-order valence-electron chi connectivity index (χ0n) is 9.95. The Morgan fingerprint density at radius 2 is 2.21 bits per heavy atom. The third kappa shape index (κ3) is 2.80. The first-order valence-corrected chi connectivity index (χ1v) is 6.48. The highest BCUT2D eigenvalue weighted by atomic mass is 79.9. The van der Waals surface area contributed by atoms with Crippen LogP contribution in [-0.2, 0) is 0 Å². The van der Waals surface area contributed by atoms with Crippen LogP contribution in [0.15, 0.2) is 28.9 Å². The fraction of sp³-hybridized carbons (Fsp3) is 0.0769. The van der Waals surface area contributed by atoms with Gasteiger partial charge in [0.05, 0.1) is 11.3 Å². The second-order valence-corrected chi connectivity index (χ2v) is 5.13. The van der Waals surface area contributed by atoms with Gasteiger partial charge in [0.1, 0.15) is 11.1 Å². The third-order valence-corrected chi connectivity index (χ3v) is 3.27. The molecule has 0 aliphatic rings. The zero-order valence-corrected chi connectivity index (χ0v) is 12.3. The number of nitrogens with two attached hydrogens (primary N) is 1. The fourth-order valence-electron chi connectivity index (χ4n) is 1.57. The molecule has 0 bridgehead atoms. The SMILES string of the molecule is Cc1cc(Br)cc(N)c1Oc1nccc(C#N)c1Cl. The average molecular weight is 339 g/mol. The van der Waals surface area contributed by atoms with Gasteiger partial charge in [0.2, 0.25) is 5.88 Å². The molecule has 0 saturated carbocycles. The van der Waals surface area contributed by atoms with Crippen LogP contribution in [0.4, 0.5) is 5.69 Å². The van der Waals surface area contributed by atoms with Gasteiger partial charge in [-0.25, -0.2) is 4.98 Å². The normalized spacial score (nSPS) is 10.0. The van der Waals surface area contributed by atoms with E-state index in [1.807, 2.05) is 19.1 Å². The van der Waals surface area contributed by atoms with Gasteiger partial charge < -0.3 is 10.5 Å². The third-order valence-electron chi connectivity index (χ3n) is 2.44. The van der Waals surface area contributed by atoms with E-state index >= 15 is 0 Å². The van der Waals surface area contributed by atoms with Crippen LogP contribution in [0.1, 0.15) is 11.1 Å². The molecule has 0 saturated heterocycles. The number of nitrogen functional groups attached to an aromatic ring is 1. The van der Waals surface area contributed by atoms with Gasteiger partial charge in [-0.3, -0.25) is 0 Å². The maximum Gasteiger partial charge on any atom is 0.239 e. The summed E-state index contributed by atoms with van der Waals surface area (Å²) in [6.45, 7) is 1.86. The summed E-state index contributed by atoms with van der Waals surface area (Å²) in [5.41, 5.74) is 7.51. The molecular formula is C13H9BrClN3O. The van der Waals surface area contributed by atoms with E-state index in [4.69, 9.17) is 27.3 Å². The quantitative estimate of drug-likeness (QED) is 0.838. The molecule has 0 fully saturated rings. The van der Waals surface area contributed by atoms with Crippen molar-refractivity contribution < 1.29 is 4.74 Å². The topological polar surface area (TPSA) is 71.9 Å². The van der Waals surface area contributed by atoms with E-state index in [9.17, 15) is 0 Å². The maximum atomic E-state index is 8.91. The number of benzene rings is 1. The summed E-state index contributed by atoms with van der Waals surface area (Å²) in [5, 5.41) is 9.08. The molecule has 0 aliphatic carbocycles. The monoisotopic (exact) mass is 337 g/mol. The van der Waals surface area contributed by atoms with Gasteiger partial charge >= 0.3 is 0 Å². The molecule has 0 unspecified atom stereocenters. The molecule has 0 atom stereocenters. The van der Waals surface area contributed by atoms with Crippen molar-refractivity contribution >= 4 is 33.2 Å². The van der Waals surface area contributed by atoms with Crippen LogP contribution < -0.4 is 10.5 Å². The highest BCUT2D eigenvalue weighted by molar-refractivity contribution is 9.10. The van der Waals surface area contributed by atoms with Crippen molar-refractivity contribution in [2.45, 2.75) is 6.92 Å². The molecule has 4 nitrogen and oxygen atoms in total. The first-order chi connectivity index (χ1) is 9.02. The number of halogens is 2. The van der Waals surface area contributed by atoms with E-state index in [-0.39, 0.29) is 10.9 Å². The number of anilines is 1. The maximum absolute atomic E-state index is 8.91. The van der Waals surface area contributed by atoms with Crippen molar-refractivity contribution in [3.05, 3.63) is 45.0 Å². The molecule has 1 aromatic carbocycles. The number of nitrogens with zero attached hydrogens (tertiary/aromatic N) is 2. The molecule has 0 radical (unpaired) electrons. The minimum absolute atomic E-state index is 0.165. The number of rotatable bonds is 2. The molecule has 2 rings (SSSR count). The lowest BCUT2D eigenvalue weighted by Gasteiger charge is -2.12. The Labute approximate surface area is 123 Å². The lowest BCUT2D eigenvalue weighted by molar-refractivity contribution is 0.462. The van der Waals surface area contributed by atoms with Gasteiger partial charge in [-0.15, -0.1) is 0 Å². The van der Waals surface area contributed by atoms with E-state index < -0.39 is 0 Å². The fourth-order valence-corrected chi connectivity index (χ4v) is 2.36. The van der Waals surface area contributed by atoms with Gasteiger partial charge in [-0.2, -0.15) is 5.26 Å². The Morgan fingerprint density at radius 1 is 1.47 bits per heavy atom. The Kier molecular flexibility index (Phi) is 3.93. The van der Waals surface area contributed by atoms with Gasteiger partial charge in [-0.05, 0) is 30.7 Å². The van der Waals surface area contributed by atoms with Crippen molar-refractivity contribution in [1.29, 1.82) is 5.26 Å². The standard InChI is InChI=1S/C13H9BrClN3O/c1-7-4-9(14)5-10(17)12(7)19-13-11(15)8(6-16)2-3-18-13/h2-5H,17H2,1H3. The number of hydrogen-bond acceptors (Lipinski definition) is 4. The molecule has 0 spiro atoms. The molecule has 0 amide bonds. The molecule has 19 heavy (non-hydrogen) atoms. The van der Waals surface area contributed by atoms with E-state index in [0.29, 0.717) is 17.0 Å². The summed E-state index contributed by atoms with van der Waals surface area (Å²) >= 11 is 9.38. The van der Waals surface area contributed by atoms with E-state index in [1.165, 1.54) is 12.3 Å². The minimum Gasteiger partial charge on any atom is -0.435 e. The largest absolute Gasteiger partial charge is 0.435 e. The first kappa shape index (κ1) is 13.7. The van der Waals surface area contributed by atoms with E-state index in [0.717, 1.165) is 10.0 Å². The van der Waals surface area contributed by atoms with Crippen molar-refractivity contribution in [2.24, 2.45) is 0 Å². The number of aryl methyl sites for hydroxylation is 1. The Balaban J connectivity index is 2.46. The van der Waals surface area contributed by atoms with Gasteiger partial charge in [0.15, 0.2) is 5.75 Å². The van der Waals surface area contributed by atoms with Crippen LogP contribution in [0.3, 0.4) is 0 Å². The van der Waals surface area contributed by atoms with Crippen molar-refractivity contribution in [2.75, 3.05) is 5.73 Å². The van der Waals surface area contributed by atoms with Gasteiger partial charge in [0, 0.05) is 10.7 Å². The lowest BCUT2D eigenvalue weighted by Crippen LogP contribution is -1.97. The molecule has 2 N–H and O–H groups in total. The lowest BCUT2D eigenvalue weighted by atomic mass is 10.2. The van der Waals surface area contributed by atoms with Crippen LogP contribution in [0.2, 0.25) is 5.02 Å². The van der Waals surface area contributed by atoms with Crippen LogP contribution in [0, 0.1) is 18.3 Å². The number of ether oxygens (including phenoxy) is 1. The zero-order chi connectivity index (χ0) is 14.0. The van der Waals surface area contributed by atoms with Crippen LogP contribution in [0.25, 0.3) is 0 Å². The predicted molar refractivity (Wildman–Crippen MR) is 77.3 cm³/mol. The van der Waals surface area contributed by atoms with Crippen molar-refractivity contribution in [3.63, 3.8) is 0 Å². The number of aromatic nitrogens is 1. The molecule has 1 heterocycles. The molecule has 1 aromatic heterocycles. The smallest absolute Gasteiger partial charge is 0.239 e. The number of hydrogen-bond donors (Lipinski definition) is 1. The molecular weight excluding hydrogens is 330 g/mol. The van der Waals surface area contributed by atoms with E-state index in [2.05, 4.69) is 20.9 Å². The minimum atomic E-state index is 0.165. The first-order valence-electron chi connectivity index (χ1n) is 5.31. The number of pyridine rings is 1. The van der Waals surface area contributed by atoms with Gasteiger partial charge in [-0.1, -0.05) is 27.5 Å². The van der Waals surface area contributed by atoms with Crippen LogP contribution in [-0.4, -0.2) is 4.98 Å². The van der Waals surface area contributed by atoms with Crippen LogP contribution >= 0.6 is 27.5 Å². The Morgan fingerprint density at radius 3 is 2.84 bits per heavy atom. The van der Waals surface area contributed by atoms with E-state index in [1.54, 1.807) is 6.07 Å². The van der Waals surface area contributed by atoms with Crippen molar-refractivity contribution in [3.8, 4) is 17.7 Å². The summed E-state index contributed by atoms with van der Waals surface area (Å²) < 4.78 is 6.49. The summed E-state index contributed by atoms with van der Waals surface area (Å²) in [4.78, 5) is 4.01. The van der Waals surface area contributed by atoms with Crippen LogP contribution in [0.5, 0.6) is 11.6 Å². The molecule has 2 aromatic rings. The van der Waals surface area contributed by atoms with Crippen molar-refractivity contribution in [1.82, 2.24) is 4.98 Å². The molecule has 96 valence electrons. The Hall–Kier alpha value is -1.77. The summed E-state index contributed by atoms with van der Waals surface area (Å²) in [5.74, 6) is 0.644. The summed E-state index contributed by atoms with van der Waals surface area (Å²) in [6, 6.07) is 7.09. The predicted octanol–water partition coefficient (Wildman–Crippen LogP) is 4.05.